The molecule has 2 N–H and O–H groups in total. The highest BCUT2D eigenvalue weighted by Gasteiger charge is 2.24. The topological polar surface area (TPSA) is 112 Å². The molecule has 2 aromatic carbocycles. The van der Waals surface area contributed by atoms with E-state index in [2.05, 4.69) is 11.4 Å². The summed E-state index contributed by atoms with van der Waals surface area (Å²) in [5, 5.41) is 21.8. The van der Waals surface area contributed by atoms with Crippen LogP contribution in [-0.4, -0.2) is 21.6 Å². The van der Waals surface area contributed by atoms with Gasteiger partial charge in [0.05, 0.1) is 22.2 Å². The standard InChI is InChI=1S/C25H21Cl2N3O4/c1-14(2)9-22(24(32)29-18-7-4-15(5-8-18)25(33)34)30-13-21(27)20(11-23(30)31)19-10-17(26)6-3-16(19)12-28/h3-8,10-11,13-14,22H,9H2,1-2H3,(H,29,32)(H,33,34). The summed E-state index contributed by atoms with van der Waals surface area (Å²) in [6.07, 6.45) is 1.75. The predicted molar refractivity (Wildman–Crippen MR) is 131 cm³/mol. The molecule has 3 aromatic rings. The fourth-order valence-electron chi connectivity index (χ4n) is 3.52. The van der Waals surface area contributed by atoms with Gasteiger partial charge in [0.15, 0.2) is 0 Å². The number of pyridine rings is 1. The van der Waals surface area contributed by atoms with Crippen molar-refractivity contribution < 1.29 is 14.7 Å². The summed E-state index contributed by atoms with van der Waals surface area (Å²) >= 11 is 12.6. The van der Waals surface area contributed by atoms with Crippen LogP contribution in [0.15, 0.2) is 59.5 Å². The van der Waals surface area contributed by atoms with E-state index in [1.165, 1.54) is 41.1 Å². The zero-order chi connectivity index (χ0) is 25.0. The van der Waals surface area contributed by atoms with Crippen LogP contribution < -0.4 is 10.9 Å². The predicted octanol–water partition coefficient (Wildman–Crippen LogP) is 5.62. The molecule has 9 heteroatoms. The maximum Gasteiger partial charge on any atom is 0.335 e. The van der Waals surface area contributed by atoms with Crippen LogP contribution in [0.5, 0.6) is 0 Å². The van der Waals surface area contributed by atoms with E-state index in [9.17, 15) is 19.6 Å². The third kappa shape index (κ3) is 5.66. The van der Waals surface area contributed by atoms with E-state index in [4.69, 9.17) is 28.3 Å². The number of carboxylic acid groups (broad SMARTS) is 1. The Morgan fingerprint density at radius 3 is 2.35 bits per heavy atom. The van der Waals surface area contributed by atoms with Crippen molar-refractivity contribution >= 4 is 40.8 Å². The van der Waals surface area contributed by atoms with E-state index < -0.39 is 23.5 Å². The summed E-state index contributed by atoms with van der Waals surface area (Å²) in [4.78, 5) is 37.3. The molecule has 0 saturated carbocycles. The fourth-order valence-corrected chi connectivity index (χ4v) is 3.96. The summed E-state index contributed by atoms with van der Waals surface area (Å²) in [5.74, 6) is -1.44. The number of rotatable bonds is 7. The Kier molecular flexibility index (Phi) is 7.77. The van der Waals surface area contributed by atoms with Crippen LogP contribution >= 0.6 is 23.2 Å². The van der Waals surface area contributed by atoms with Gasteiger partial charge in [-0.25, -0.2) is 4.79 Å². The lowest BCUT2D eigenvalue weighted by Crippen LogP contribution is -2.34. The second kappa shape index (κ2) is 10.6. The number of benzene rings is 2. The lowest BCUT2D eigenvalue weighted by molar-refractivity contribution is -0.119. The lowest BCUT2D eigenvalue weighted by Gasteiger charge is -2.22. The second-order valence-electron chi connectivity index (χ2n) is 8.10. The normalized spacial score (nSPS) is 11.6. The van der Waals surface area contributed by atoms with Gasteiger partial charge < -0.3 is 15.0 Å². The first kappa shape index (κ1) is 25.0. The van der Waals surface area contributed by atoms with Gasteiger partial charge in [-0.2, -0.15) is 5.26 Å². The Bertz CT molecular complexity index is 1340. The average Bonchev–Trinajstić information content (AvgIpc) is 2.79. The van der Waals surface area contributed by atoms with Crippen molar-refractivity contribution in [1.29, 1.82) is 5.26 Å². The summed E-state index contributed by atoms with van der Waals surface area (Å²) < 4.78 is 1.27. The number of carbonyl (C=O) groups is 2. The number of carboxylic acids is 1. The van der Waals surface area contributed by atoms with E-state index >= 15 is 0 Å². The second-order valence-corrected chi connectivity index (χ2v) is 8.94. The minimum atomic E-state index is -1.07. The number of anilines is 1. The maximum absolute atomic E-state index is 13.1. The van der Waals surface area contributed by atoms with E-state index in [0.717, 1.165) is 0 Å². The fraction of sp³-hybridized carbons (Fsp3) is 0.200. The summed E-state index contributed by atoms with van der Waals surface area (Å²) in [5.41, 5.74) is 1.10. The molecule has 1 aromatic heterocycles. The van der Waals surface area contributed by atoms with E-state index in [1.807, 2.05) is 13.8 Å². The Morgan fingerprint density at radius 1 is 1.09 bits per heavy atom. The lowest BCUT2D eigenvalue weighted by atomic mass is 10.00. The van der Waals surface area contributed by atoms with Crippen LogP contribution in [0.25, 0.3) is 11.1 Å². The molecule has 1 atom stereocenters. The quantitative estimate of drug-likeness (QED) is 0.439. The molecule has 1 unspecified atom stereocenters. The van der Waals surface area contributed by atoms with Crippen LogP contribution in [0.3, 0.4) is 0 Å². The highest BCUT2D eigenvalue weighted by atomic mass is 35.5. The van der Waals surface area contributed by atoms with E-state index in [1.54, 1.807) is 18.2 Å². The number of nitrogens with zero attached hydrogens (tertiary/aromatic N) is 2. The van der Waals surface area contributed by atoms with Gasteiger partial charge in [0.25, 0.3) is 5.56 Å². The van der Waals surface area contributed by atoms with E-state index in [0.29, 0.717) is 33.8 Å². The van der Waals surface area contributed by atoms with Crippen molar-refractivity contribution in [2.75, 3.05) is 5.32 Å². The summed E-state index contributed by atoms with van der Waals surface area (Å²) in [6.45, 7) is 3.85. The highest BCUT2D eigenvalue weighted by molar-refractivity contribution is 6.34. The Hall–Kier alpha value is -3.60. The maximum atomic E-state index is 13.1. The molecule has 0 aliphatic heterocycles. The molecule has 0 saturated heterocycles. The smallest absolute Gasteiger partial charge is 0.335 e. The molecule has 3 rings (SSSR count). The van der Waals surface area contributed by atoms with Crippen molar-refractivity contribution in [3.8, 4) is 17.2 Å². The highest BCUT2D eigenvalue weighted by Crippen LogP contribution is 2.32. The zero-order valence-electron chi connectivity index (χ0n) is 18.4. The molecule has 1 amide bonds. The molecule has 0 radical (unpaired) electrons. The first-order valence-electron chi connectivity index (χ1n) is 10.4. The van der Waals surface area contributed by atoms with Gasteiger partial charge in [-0.3, -0.25) is 9.59 Å². The number of aromatic carboxylic acids is 1. The van der Waals surface area contributed by atoms with Crippen molar-refractivity contribution in [3.05, 3.63) is 86.3 Å². The molecule has 174 valence electrons. The van der Waals surface area contributed by atoms with Crippen molar-refractivity contribution in [2.45, 2.75) is 26.3 Å². The van der Waals surface area contributed by atoms with E-state index in [-0.39, 0.29) is 16.5 Å². The number of hydrogen-bond acceptors (Lipinski definition) is 4. The van der Waals surface area contributed by atoms with Gasteiger partial charge in [-0.15, -0.1) is 0 Å². The molecule has 1 heterocycles. The molecule has 7 nitrogen and oxygen atoms in total. The number of nitriles is 1. The van der Waals surface area contributed by atoms with Gasteiger partial charge in [0, 0.05) is 34.1 Å². The monoisotopic (exact) mass is 497 g/mol. The van der Waals surface area contributed by atoms with Crippen LogP contribution in [0.2, 0.25) is 10.0 Å². The number of aromatic nitrogens is 1. The number of nitrogens with one attached hydrogen (secondary N) is 1. The van der Waals surface area contributed by atoms with Crippen LogP contribution in [-0.2, 0) is 4.79 Å². The first-order chi connectivity index (χ1) is 16.1. The molecule has 0 aliphatic rings. The number of hydrogen-bond donors (Lipinski definition) is 2. The molecular weight excluding hydrogens is 477 g/mol. The van der Waals surface area contributed by atoms with Crippen molar-refractivity contribution in [2.24, 2.45) is 5.92 Å². The Labute approximate surface area is 206 Å². The van der Waals surface area contributed by atoms with Gasteiger partial charge in [0.1, 0.15) is 6.04 Å². The third-order valence-corrected chi connectivity index (χ3v) is 5.69. The minimum Gasteiger partial charge on any atom is -0.478 e. The molecule has 0 fully saturated rings. The van der Waals surface area contributed by atoms with Gasteiger partial charge in [-0.05, 0) is 54.8 Å². The minimum absolute atomic E-state index is 0.0774. The van der Waals surface area contributed by atoms with Crippen molar-refractivity contribution in [3.63, 3.8) is 0 Å². The Balaban J connectivity index is 2.00. The first-order valence-corrected chi connectivity index (χ1v) is 11.1. The van der Waals surface area contributed by atoms with Gasteiger partial charge in [0.2, 0.25) is 5.91 Å². The summed E-state index contributed by atoms with van der Waals surface area (Å²) in [7, 11) is 0. The number of amides is 1. The molecule has 0 aliphatic carbocycles. The summed E-state index contributed by atoms with van der Waals surface area (Å²) in [6, 6.07) is 12.9. The molecular formula is C25H21Cl2N3O4. The van der Waals surface area contributed by atoms with Gasteiger partial charge in [-0.1, -0.05) is 37.0 Å². The van der Waals surface area contributed by atoms with Crippen LogP contribution in [0.1, 0.15) is 42.2 Å². The largest absolute Gasteiger partial charge is 0.478 e. The number of halogens is 2. The Morgan fingerprint density at radius 2 is 1.76 bits per heavy atom. The molecule has 0 bridgehead atoms. The van der Waals surface area contributed by atoms with Gasteiger partial charge >= 0.3 is 5.97 Å². The zero-order valence-corrected chi connectivity index (χ0v) is 19.9. The SMILES string of the molecule is CC(C)CC(C(=O)Nc1ccc(C(=O)O)cc1)n1cc(Cl)c(-c2cc(Cl)ccc2C#N)cc1=O. The van der Waals surface area contributed by atoms with Crippen LogP contribution in [0.4, 0.5) is 5.69 Å². The number of carbonyl (C=O) groups excluding carboxylic acids is 1. The molecule has 0 spiro atoms. The average molecular weight is 498 g/mol. The van der Waals surface area contributed by atoms with Crippen LogP contribution in [0, 0.1) is 17.2 Å². The van der Waals surface area contributed by atoms with Crippen molar-refractivity contribution in [1.82, 2.24) is 4.57 Å². The molecule has 34 heavy (non-hydrogen) atoms. The third-order valence-electron chi connectivity index (χ3n) is 5.16.